The van der Waals surface area contributed by atoms with Crippen LogP contribution in [0, 0.1) is 6.92 Å². The number of carbonyl (C=O) groups excluding carboxylic acids is 2. The highest BCUT2D eigenvalue weighted by molar-refractivity contribution is 5.91. The van der Waals surface area contributed by atoms with Crippen LogP contribution in [-0.2, 0) is 16.0 Å². The van der Waals surface area contributed by atoms with Crippen molar-refractivity contribution >= 4 is 22.8 Å². The zero-order valence-electron chi connectivity index (χ0n) is 15.7. The molecule has 0 saturated carbocycles. The molecule has 0 spiro atoms. The van der Waals surface area contributed by atoms with Crippen LogP contribution >= 0.6 is 0 Å². The van der Waals surface area contributed by atoms with Crippen molar-refractivity contribution in [3.63, 3.8) is 0 Å². The van der Waals surface area contributed by atoms with E-state index in [-0.39, 0.29) is 24.0 Å². The molecule has 2 rings (SSSR count). The summed E-state index contributed by atoms with van der Waals surface area (Å²) < 4.78 is 15.8. The quantitative estimate of drug-likeness (QED) is 0.674. The van der Waals surface area contributed by atoms with Crippen LogP contribution in [0.15, 0.2) is 21.3 Å². The Morgan fingerprint density at radius 2 is 1.96 bits per heavy atom. The van der Waals surface area contributed by atoms with Crippen molar-refractivity contribution in [2.45, 2.75) is 39.2 Å². The van der Waals surface area contributed by atoms with E-state index in [1.165, 1.54) is 14.2 Å². The van der Waals surface area contributed by atoms with Gasteiger partial charge in [0.1, 0.15) is 17.1 Å². The maximum absolute atomic E-state index is 12.4. The minimum atomic E-state index is -1.36. The molecule has 0 bridgehead atoms. The lowest BCUT2D eigenvalue weighted by atomic mass is 10.0. The van der Waals surface area contributed by atoms with Gasteiger partial charge in [0, 0.05) is 12.1 Å². The van der Waals surface area contributed by atoms with Crippen molar-refractivity contribution < 1.29 is 28.6 Å². The number of carboxylic acids is 1. The lowest BCUT2D eigenvalue weighted by molar-refractivity contribution is -0.308. The van der Waals surface area contributed by atoms with Crippen molar-refractivity contribution in [2.75, 3.05) is 14.2 Å². The van der Waals surface area contributed by atoms with E-state index in [1.54, 1.807) is 26.0 Å². The van der Waals surface area contributed by atoms with Gasteiger partial charge < -0.3 is 29.1 Å². The summed E-state index contributed by atoms with van der Waals surface area (Å²) in [5.74, 6) is -1.06. The summed E-state index contributed by atoms with van der Waals surface area (Å²) in [4.78, 5) is 35.7. The molecule has 0 unspecified atom stereocenters. The van der Waals surface area contributed by atoms with Crippen LogP contribution in [0.5, 0.6) is 11.5 Å². The smallest absolute Gasteiger partial charge is 0.340 e. The number of benzene rings is 1. The van der Waals surface area contributed by atoms with Gasteiger partial charge in [-0.3, -0.25) is 4.79 Å². The number of carbonyl (C=O) groups is 2. The van der Waals surface area contributed by atoms with Crippen molar-refractivity contribution in [2.24, 2.45) is 0 Å². The zero-order valence-corrected chi connectivity index (χ0v) is 15.7. The Bertz CT molecular complexity index is 916. The second-order valence-corrected chi connectivity index (χ2v) is 6.10. The lowest BCUT2D eigenvalue weighted by Crippen LogP contribution is -2.48. The Hall–Kier alpha value is -3.03. The van der Waals surface area contributed by atoms with Gasteiger partial charge in [-0.15, -0.1) is 0 Å². The SMILES string of the molecule is CCC[C@H](NC(=O)Cc1c(C)c2c(OC)cc(OC)cc2oc1=O)C(=O)[O-]. The first-order valence-electron chi connectivity index (χ1n) is 8.50. The van der Waals surface area contributed by atoms with Gasteiger partial charge in [0.2, 0.25) is 5.91 Å². The summed E-state index contributed by atoms with van der Waals surface area (Å²) >= 11 is 0. The highest BCUT2D eigenvalue weighted by Crippen LogP contribution is 2.33. The van der Waals surface area contributed by atoms with Gasteiger partial charge >= 0.3 is 5.63 Å². The molecule has 1 amide bonds. The second kappa shape index (κ2) is 8.57. The molecule has 0 radical (unpaired) electrons. The highest BCUT2D eigenvalue weighted by Gasteiger charge is 2.20. The van der Waals surface area contributed by atoms with Crippen molar-refractivity contribution in [3.05, 3.63) is 33.7 Å². The minimum Gasteiger partial charge on any atom is -0.548 e. The average Bonchev–Trinajstić information content (AvgIpc) is 2.63. The van der Waals surface area contributed by atoms with Gasteiger partial charge in [0.25, 0.3) is 0 Å². The van der Waals surface area contributed by atoms with E-state index < -0.39 is 23.5 Å². The van der Waals surface area contributed by atoms with Gasteiger partial charge in [-0.2, -0.15) is 0 Å². The fourth-order valence-electron chi connectivity index (χ4n) is 2.91. The predicted molar refractivity (Wildman–Crippen MR) is 95.9 cm³/mol. The molecule has 2 aromatic rings. The average molecular weight is 376 g/mol. The Morgan fingerprint density at radius 3 is 2.52 bits per heavy atom. The van der Waals surface area contributed by atoms with Crippen molar-refractivity contribution in [1.29, 1.82) is 0 Å². The number of aryl methyl sites for hydroxylation is 1. The normalized spacial score (nSPS) is 11.9. The third-order valence-electron chi connectivity index (χ3n) is 4.31. The number of methoxy groups -OCH3 is 2. The molecule has 8 nitrogen and oxygen atoms in total. The number of fused-ring (bicyclic) bond motifs is 1. The van der Waals surface area contributed by atoms with Gasteiger partial charge in [-0.1, -0.05) is 13.3 Å². The van der Waals surface area contributed by atoms with Crippen LogP contribution in [0.4, 0.5) is 0 Å². The summed E-state index contributed by atoms with van der Waals surface area (Å²) in [7, 11) is 2.95. The molecule has 8 heteroatoms. The number of rotatable bonds is 8. The van der Waals surface area contributed by atoms with Gasteiger partial charge in [-0.25, -0.2) is 4.79 Å². The first-order valence-corrected chi connectivity index (χ1v) is 8.50. The number of nitrogens with one attached hydrogen (secondary N) is 1. The van der Waals surface area contributed by atoms with Crippen LogP contribution in [0.3, 0.4) is 0 Å². The minimum absolute atomic E-state index is 0.136. The number of aliphatic carboxylic acids is 1. The van der Waals surface area contributed by atoms with E-state index in [4.69, 9.17) is 13.9 Å². The maximum Gasteiger partial charge on any atom is 0.340 e. The summed E-state index contributed by atoms with van der Waals surface area (Å²) in [6, 6.07) is 2.10. The van der Waals surface area contributed by atoms with E-state index in [0.717, 1.165) is 0 Å². The zero-order chi connectivity index (χ0) is 20.1. The number of hydrogen-bond donors (Lipinski definition) is 1. The standard InChI is InChI=1S/C19H23NO7/c1-5-6-13(18(22)23)20-16(21)9-12-10(2)17-14(26-4)7-11(25-3)8-15(17)27-19(12)24/h7-8,13H,5-6,9H2,1-4H3,(H,20,21)(H,22,23)/p-1/t13-/m0/s1. The number of ether oxygens (including phenoxy) is 2. The molecule has 0 aliphatic heterocycles. The summed E-state index contributed by atoms with van der Waals surface area (Å²) in [5.41, 5.74) is 0.260. The molecule has 1 atom stereocenters. The van der Waals surface area contributed by atoms with Crippen molar-refractivity contribution in [1.82, 2.24) is 5.32 Å². The fraction of sp³-hybridized carbons (Fsp3) is 0.421. The van der Waals surface area contributed by atoms with Crippen LogP contribution < -0.4 is 25.5 Å². The van der Waals surface area contributed by atoms with Gasteiger partial charge in [0.05, 0.1) is 43.6 Å². The predicted octanol–water partition coefficient (Wildman–Crippen LogP) is 0.696. The summed E-state index contributed by atoms with van der Waals surface area (Å²) in [5, 5.41) is 14.0. The molecule has 0 saturated heterocycles. The van der Waals surface area contributed by atoms with Crippen LogP contribution in [-0.4, -0.2) is 32.1 Å². The van der Waals surface area contributed by atoms with E-state index in [1.807, 2.05) is 0 Å². The Kier molecular flexibility index (Phi) is 6.44. The van der Waals surface area contributed by atoms with E-state index in [2.05, 4.69) is 5.32 Å². The summed E-state index contributed by atoms with van der Waals surface area (Å²) in [6.45, 7) is 3.48. The van der Waals surface area contributed by atoms with Crippen LogP contribution in [0.25, 0.3) is 11.0 Å². The topological polar surface area (TPSA) is 118 Å². The molecule has 0 aliphatic carbocycles. The third kappa shape index (κ3) is 4.39. The Labute approximate surface area is 156 Å². The lowest BCUT2D eigenvalue weighted by Gasteiger charge is -2.19. The molecule has 1 N–H and O–H groups in total. The van der Waals surface area contributed by atoms with E-state index in [9.17, 15) is 19.5 Å². The molecule has 0 fully saturated rings. The Morgan fingerprint density at radius 1 is 1.26 bits per heavy atom. The maximum atomic E-state index is 12.4. The van der Waals surface area contributed by atoms with E-state index >= 15 is 0 Å². The number of hydrogen-bond acceptors (Lipinski definition) is 7. The fourth-order valence-corrected chi connectivity index (χ4v) is 2.91. The molecule has 1 heterocycles. The largest absolute Gasteiger partial charge is 0.548 e. The third-order valence-corrected chi connectivity index (χ3v) is 4.31. The Balaban J connectivity index is 2.43. The summed E-state index contributed by atoms with van der Waals surface area (Å²) in [6.07, 6.45) is 0.495. The monoisotopic (exact) mass is 376 g/mol. The molecular weight excluding hydrogens is 354 g/mol. The number of amides is 1. The first kappa shape index (κ1) is 20.3. The first-order chi connectivity index (χ1) is 12.8. The molecule has 27 heavy (non-hydrogen) atoms. The van der Waals surface area contributed by atoms with Gasteiger partial charge in [-0.05, 0) is 18.9 Å². The molecule has 146 valence electrons. The highest BCUT2D eigenvalue weighted by atomic mass is 16.5. The number of carboxylic acid groups (broad SMARTS) is 1. The second-order valence-electron chi connectivity index (χ2n) is 6.10. The van der Waals surface area contributed by atoms with Crippen molar-refractivity contribution in [3.8, 4) is 11.5 Å². The van der Waals surface area contributed by atoms with Crippen LogP contribution in [0.2, 0.25) is 0 Å². The van der Waals surface area contributed by atoms with Gasteiger partial charge in [0.15, 0.2) is 0 Å². The van der Waals surface area contributed by atoms with Crippen LogP contribution in [0.1, 0.15) is 30.9 Å². The molecule has 1 aromatic carbocycles. The molecule has 1 aromatic heterocycles. The van der Waals surface area contributed by atoms with E-state index in [0.29, 0.717) is 28.9 Å². The molecular formula is C19H22NO7-. The molecule has 0 aliphatic rings.